The Labute approximate surface area is 187 Å². The first kappa shape index (κ1) is 34.5. The molecule has 0 heterocycles. The number of nitrogens with one attached hydrogen (secondary N) is 4. The maximum Gasteiger partial charge on any atom is 0.00682 e. The van der Waals surface area contributed by atoms with Gasteiger partial charge in [-0.15, -0.1) is 49.6 Å². The minimum atomic E-state index is 0. The summed E-state index contributed by atoms with van der Waals surface area (Å²) < 4.78 is 0. The molecule has 0 aliphatic heterocycles. The molecule has 1 aliphatic carbocycles. The number of hydrogen-bond acceptors (Lipinski definition) is 4. The lowest BCUT2D eigenvalue weighted by Crippen LogP contribution is -2.40. The van der Waals surface area contributed by atoms with Crippen molar-refractivity contribution in [2.75, 3.05) is 39.3 Å². The molecule has 164 valence electrons. The Kier molecular flexibility index (Phi) is 34.5. The quantitative estimate of drug-likeness (QED) is 0.298. The fourth-order valence-electron chi connectivity index (χ4n) is 3.22. The molecule has 0 spiro atoms. The summed E-state index contributed by atoms with van der Waals surface area (Å²) in [6.45, 7) is 11.3. The molecule has 0 aromatic rings. The molecule has 0 radical (unpaired) electrons. The van der Waals surface area contributed by atoms with E-state index in [2.05, 4.69) is 35.1 Å². The average Bonchev–Trinajstić information content (AvgIpc) is 2.55. The molecular weight excluding hydrogens is 414 g/mol. The van der Waals surface area contributed by atoms with Crippen LogP contribution in [0.4, 0.5) is 0 Å². The molecule has 0 aromatic carbocycles. The van der Waals surface area contributed by atoms with Crippen LogP contribution in [0.5, 0.6) is 0 Å². The summed E-state index contributed by atoms with van der Waals surface area (Å²) in [4.78, 5) is 0. The zero-order chi connectivity index (χ0) is 15.9. The fourth-order valence-corrected chi connectivity index (χ4v) is 3.22. The Balaban J connectivity index is -0.000000605. The lowest BCUT2D eigenvalue weighted by Gasteiger charge is -2.30. The van der Waals surface area contributed by atoms with E-state index in [-0.39, 0.29) is 49.6 Å². The Morgan fingerprint density at radius 3 is 1.15 bits per heavy atom. The third kappa shape index (κ3) is 19.8. The van der Waals surface area contributed by atoms with E-state index in [9.17, 15) is 0 Å². The van der Waals surface area contributed by atoms with Gasteiger partial charge in [0.15, 0.2) is 0 Å². The molecule has 1 aliphatic rings. The van der Waals surface area contributed by atoms with Crippen LogP contribution in [0, 0.1) is 0 Å². The van der Waals surface area contributed by atoms with Gasteiger partial charge in [-0.25, -0.2) is 0 Å². The molecule has 0 unspecified atom stereocenters. The molecule has 0 atom stereocenters. The molecule has 4 nitrogen and oxygen atoms in total. The Hall–Kier alpha value is 1.00. The molecule has 0 saturated heterocycles. The molecule has 1 saturated carbocycles. The molecule has 26 heavy (non-hydrogen) atoms. The van der Waals surface area contributed by atoms with Crippen molar-refractivity contribution in [2.24, 2.45) is 0 Å². The van der Waals surface area contributed by atoms with E-state index >= 15 is 0 Å². The average molecular weight is 458 g/mol. The SMILES string of the molecule is CCNCCCCNC1CCC(NCCCCNCC)CC1.Cl.Cl.Cl.Cl. The van der Waals surface area contributed by atoms with Gasteiger partial charge in [0.25, 0.3) is 0 Å². The van der Waals surface area contributed by atoms with Gasteiger partial charge in [0, 0.05) is 12.1 Å². The Morgan fingerprint density at radius 2 is 0.846 bits per heavy atom. The largest absolute Gasteiger partial charge is 0.317 e. The van der Waals surface area contributed by atoms with Gasteiger partial charge in [-0.2, -0.15) is 0 Å². The molecule has 4 N–H and O–H groups in total. The topological polar surface area (TPSA) is 48.1 Å². The van der Waals surface area contributed by atoms with Crippen molar-refractivity contribution in [3.63, 3.8) is 0 Å². The van der Waals surface area contributed by atoms with E-state index < -0.39 is 0 Å². The van der Waals surface area contributed by atoms with Crippen LogP contribution >= 0.6 is 49.6 Å². The first-order chi connectivity index (χ1) is 10.9. The lowest BCUT2D eigenvalue weighted by atomic mass is 9.91. The number of rotatable bonds is 14. The Morgan fingerprint density at radius 1 is 0.538 bits per heavy atom. The molecule has 8 heteroatoms. The summed E-state index contributed by atoms with van der Waals surface area (Å²) in [7, 11) is 0. The maximum absolute atomic E-state index is 3.75. The summed E-state index contributed by atoms with van der Waals surface area (Å²) in [5.74, 6) is 0. The molecule has 0 aromatic heterocycles. The van der Waals surface area contributed by atoms with Crippen molar-refractivity contribution in [3.8, 4) is 0 Å². The van der Waals surface area contributed by atoms with Gasteiger partial charge in [0.05, 0.1) is 0 Å². The molecule has 0 bridgehead atoms. The molecule has 1 rings (SSSR count). The van der Waals surface area contributed by atoms with Crippen LogP contribution in [0.1, 0.15) is 65.2 Å². The highest BCUT2D eigenvalue weighted by molar-refractivity contribution is 5.86. The van der Waals surface area contributed by atoms with Crippen LogP contribution in [-0.2, 0) is 0 Å². The van der Waals surface area contributed by atoms with E-state index in [0.29, 0.717) is 0 Å². The van der Waals surface area contributed by atoms with Crippen LogP contribution in [0.2, 0.25) is 0 Å². The second-order valence-electron chi connectivity index (χ2n) is 6.58. The standard InChI is InChI=1S/C18H40N4.4ClH/c1-3-19-13-5-7-15-21-17-9-11-18(12-10-17)22-16-8-6-14-20-4-2;;;;/h17-22H,3-16H2,1-2H3;4*1H. The maximum atomic E-state index is 3.75. The highest BCUT2D eigenvalue weighted by atomic mass is 35.5. The second kappa shape index (κ2) is 26.0. The molecule has 0 amide bonds. The second-order valence-corrected chi connectivity index (χ2v) is 6.58. The minimum Gasteiger partial charge on any atom is -0.317 e. The van der Waals surface area contributed by atoms with E-state index in [1.54, 1.807) is 0 Å². The zero-order valence-electron chi connectivity index (χ0n) is 16.7. The number of halogens is 4. The van der Waals surface area contributed by atoms with Gasteiger partial charge < -0.3 is 21.3 Å². The van der Waals surface area contributed by atoms with Gasteiger partial charge in [0.2, 0.25) is 0 Å². The summed E-state index contributed by atoms with van der Waals surface area (Å²) >= 11 is 0. The van der Waals surface area contributed by atoms with Crippen molar-refractivity contribution in [1.82, 2.24) is 21.3 Å². The fraction of sp³-hybridized carbons (Fsp3) is 1.00. The van der Waals surface area contributed by atoms with Crippen molar-refractivity contribution in [2.45, 2.75) is 77.3 Å². The van der Waals surface area contributed by atoms with Crippen molar-refractivity contribution >= 4 is 49.6 Å². The minimum absolute atomic E-state index is 0. The van der Waals surface area contributed by atoms with Crippen molar-refractivity contribution < 1.29 is 0 Å². The van der Waals surface area contributed by atoms with Gasteiger partial charge in [-0.05, 0) is 90.6 Å². The monoisotopic (exact) mass is 456 g/mol. The summed E-state index contributed by atoms with van der Waals surface area (Å²) in [6.07, 6.45) is 10.6. The normalized spacial score (nSPS) is 18.7. The Bertz CT molecular complexity index is 219. The highest BCUT2D eigenvalue weighted by Gasteiger charge is 2.19. The predicted octanol–water partition coefficient (Wildman–Crippen LogP) is 3.94. The predicted molar refractivity (Wildman–Crippen MR) is 127 cm³/mol. The van der Waals surface area contributed by atoms with Crippen molar-refractivity contribution in [1.29, 1.82) is 0 Å². The van der Waals surface area contributed by atoms with E-state index in [1.807, 2.05) is 0 Å². The third-order valence-corrected chi connectivity index (χ3v) is 4.65. The van der Waals surface area contributed by atoms with Gasteiger partial charge >= 0.3 is 0 Å². The highest BCUT2D eigenvalue weighted by Crippen LogP contribution is 2.18. The van der Waals surface area contributed by atoms with Crippen LogP contribution < -0.4 is 21.3 Å². The van der Waals surface area contributed by atoms with Gasteiger partial charge in [-0.1, -0.05) is 13.8 Å². The molecule has 1 fully saturated rings. The first-order valence-corrected chi connectivity index (χ1v) is 9.75. The third-order valence-electron chi connectivity index (χ3n) is 4.65. The number of unbranched alkanes of at least 4 members (excludes halogenated alkanes) is 2. The lowest BCUT2D eigenvalue weighted by molar-refractivity contribution is 0.305. The first-order valence-electron chi connectivity index (χ1n) is 9.75. The van der Waals surface area contributed by atoms with Gasteiger partial charge in [-0.3, -0.25) is 0 Å². The van der Waals surface area contributed by atoms with E-state index in [0.717, 1.165) is 25.2 Å². The van der Waals surface area contributed by atoms with Crippen molar-refractivity contribution in [3.05, 3.63) is 0 Å². The smallest absolute Gasteiger partial charge is 0.00682 e. The van der Waals surface area contributed by atoms with Crippen LogP contribution in [0.15, 0.2) is 0 Å². The molecular formula is C18H44Cl4N4. The summed E-state index contributed by atoms with van der Waals surface area (Å²) in [5.41, 5.74) is 0. The van der Waals surface area contributed by atoms with Crippen LogP contribution in [-0.4, -0.2) is 51.4 Å². The van der Waals surface area contributed by atoms with E-state index in [1.165, 1.54) is 77.5 Å². The summed E-state index contributed by atoms with van der Waals surface area (Å²) in [5, 5.41) is 14.3. The van der Waals surface area contributed by atoms with E-state index in [4.69, 9.17) is 0 Å². The summed E-state index contributed by atoms with van der Waals surface area (Å²) in [6, 6.07) is 1.54. The number of hydrogen-bond donors (Lipinski definition) is 4. The zero-order valence-corrected chi connectivity index (χ0v) is 20.0. The van der Waals surface area contributed by atoms with Crippen LogP contribution in [0.25, 0.3) is 0 Å². The van der Waals surface area contributed by atoms with Crippen LogP contribution in [0.3, 0.4) is 0 Å². The van der Waals surface area contributed by atoms with Gasteiger partial charge in [0.1, 0.15) is 0 Å².